The zero-order valence-electron chi connectivity index (χ0n) is 17.4. The number of aromatic nitrogens is 3. The first-order chi connectivity index (χ1) is 14.6. The Kier molecular flexibility index (Phi) is 7.89. The summed E-state index contributed by atoms with van der Waals surface area (Å²) in [7, 11) is 0. The molecule has 0 aliphatic heterocycles. The van der Waals surface area contributed by atoms with Crippen molar-refractivity contribution in [3.05, 3.63) is 37.0 Å². The number of benzene rings is 1. The minimum atomic E-state index is -0.509. The maximum Gasteiger partial charge on any atom is 0.237 e. The van der Waals surface area contributed by atoms with E-state index in [0.717, 1.165) is 40.7 Å². The molecule has 6 N–H and O–H groups in total. The summed E-state index contributed by atoms with van der Waals surface area (Å²) in [6, 6.07) is 7.43. The number of nitrogens with zero attached hydrogens (tertiary/aromatic N) is 3. The maximum absolute atomic E-state index is 12.1. The molecular weight excluding hydrogens is 398 g/mol. The average Bonchev–Trinajstić information content (AvgIpc) is 3.12. The van der Waals surface area contributed by atoms with E-state index in [1.807, 2.05) is 24.3 Å². The zero-order valence-corrected chi connectivity index (χ0v) is 18.2. The van der Waals surface area contributed by atoms with Crippen molar-refractivity contribution in [2.45, 2.75) is 32.5 Å². The van der Waals surface area contributed by atoms with Crippen molar-refractivity contribution >= 4 is 45.4 Å². The predicted octanol–water partition coefficient (Wildman–Crippen LogP) is 1.68. The second-order valence-corrected chi connectivity index (χ2v) is 8.15. The third-order valence-corrected chi connectivity index (χ3v) is 5.74. The van der Waals surface area contributed by atoms with Crippen LogP contribution >= 0.6 is 11.8 Å². The SMILES string of the molecule is [CH2]CSCC(N)C(=O)NCCCn1c(CNCC)nc2c(N)nc3ccccc3c21. The van der Waals surface area contributed by atoms with Gasteiger partial charge in [0.15, 0.2) is 5.82 Å². The van der Waals surface area contributed by atoms with Crippen molar-refractivity contribution in [3.8, 4) is 0 Å². The van der Waals surface area contributed by atoms with Crippen LogP contribution in [0, 0.1) is 6.92 Å². The summed E-state index contributed by atoms with van der Waals surface area (Å²) in [4.78, 5) is 21.4. The molecule has 0 aliphatic carbocycles. The highest BCUT2D eigenvalue weighted by molar-refractivity contribution is 7.99. The minimum Gasteiger partial charge on any atom is -0.382 e. The predicted molar refractivity (Wildman–Crippen MR) is 125 cm³/mol. The number of hydrogen-bond donors (Lipinski definition) is 4. The molecule has 9 heteroatoms. The molecule has 0 aliphatic rings. The van der Waals surface area contributed by atoms with E-state index < -0.39 is 6.04 Å². The first-order valence-corrected chi connectivity index (χ1v) is 11.4. The third kappa shape index (κ3) is 5.03. The standard InChI is InChI=1S/C21H30N7OS/c1-3-24-12-17-27-18-19(14-8-5-6-9-16(14)26-20(18)23)28(17)11-7-10-25-21(29)15(22)13-30-4-2/h5-6,8-9,15,24H,2-4,7,10-13,22H2,1H3,(H2,23,26)(H,25,29). The second kappa shape index (κ2) is 10.6. The first-order valence-electron chi connectivity index (χ1n) is 10.2. The van der Waals surface area contributed by atoms with Crippen LogP contribution in [0.3, 0.4) is 0 Å². The average molecular weight is 429 g/mol. The Balaban J connectivity index is 1.80. The van der Waals surface area contributed by atoms with Crippen molar-refractivity contribution in [3.63, 3.8) is 0 Å². The number of nitrogen functional groups attached to an aromatic ring is 1. The number of nitrogens with two attached hydrogens (primary N) is 2. The summed E-state index contributed by atoms with van der Waals surface area (Å²) < 4.78 is 2.18. The number of carbonyl (C=O) groups is 1. The minimum absolute atomic E-state index is 0.127. The Morgan fingerprint density at radius 2 is 2.13 bits per heavy atom. The van der Waals surface area contributed by atoms with Gasteiger partial charge >= 0.3 is 0 Å². The van der Waals surface area contributed by atoms with Crippen LogP contribution in [0.2, 0.25) is 0 Å². The lowest BCUT2D eigenvalue weighted by Gasteiger charge is -2.13. The molecule has 2 aromatic heterocycles. The van der Waals surface area contributed by atoms with Crippen LogP contribution in [0.15, 0.2) is 24.3 Å². The van der Waals surface area contributed by atoms with Crippen LogP contribution in [-0.2, 0) is 17.9 Å². The summed E-state index contributed by atoms with van der Waals surface area (Å²) in [5, 5.41) is 7.29. The molecule has 0 fully saturated rings. The van der Waals surface area contributed by atoms with Gasteiger partial charge in [-0.25, -0.2) is 9.97 Å². The Bertz CT molecular complexity index is 1000. The fourth-order valence-electron chi connectivity index (χ4n) is 3.38. The van der Waals surface area contributed by atoms with E-state index in [0.29, 0.717) is 37.0 Å². The molecule has 1 atom stereocenters. The van der Waals surface area contributed by atoms with Gasteiger partial charge in [0, 0.05) is 24.2 Å². The van der Waals surface area contributed by atoms with Gasteiger partial charge in [0.05, 0.1) is 23.6 Å². The fourth-order valence-corrected chi connectivity index (χ4v) is 3.96. The van der Waals surface area contributed by atoms with Crippen LogP contribution in [0.1, 0.15) is 19.2 Å². The smallest absolute Gasteiger partial charge is 0.237 e. The Morgan fingerprint density at radius 3 is 2.90 bits per heavy atom. The quantitative estimate of drug-likeness (QED) is 0.343. The molecule has 0 spiro atoms. The molecule has 1 unspecified atom stereocenters. The van der Waals surface area contributed by atoms with Crippen molar-refractivity contribution < 1.29 is 4.79 Å². The van der Waals surface area contributed by atoms with Crippen LogP contribution in [0.5, 0.6) is 0 Å². The number of para-hydroxylation sites is 1. The van der Waals surface area contributed by atoms with Crippen LogP contribution in [-0.4, -0.2) is 51.1 Å². The highest BCUT2D eigenvalue weighted by atomic mass is 32.2. The summed E-state index contributed by atoms with van der Waals surface area (Å²) in [5.74, 6) is 2.49. The van der Waals surface area contributed by atoms with E-state index in [1.165, 1.54) is 0 Å². The monoisotopic (exact) mass is 428 g/mol. The topological polar surface area (TPSA) is 124 Å². The number of rotatable bonds is 11. The van der Waals surface area contributed by atoms with Gasteiger partial charge in [0.1, 0.15) is 11.3 Å². The lowest BCUT2D eigenvalue weighted by atomic mass is 10.2. The van der Waals surface area contributed by atoms with Crippen LogP contribution in [0.25, 0.3) is 21.9 Å². The van der Waals surface area contributed by atoms with E-state index in [9.17, 15) is 4.79 Å². The summed E-state index contributed by atoms with van der Waals surface area (Å²) >= 11 is 1.56. The molecule has 2 heterocycles. The number of aryl methyl sites for hydroxylation is 1. The van der Waals surface area contributed by atoms with E-state index in [-0.39, 0.29) is 5.91 Å². The fraction of sp³-hybridized carbons (Fsp3) is 0.429. The highest BCUT2D eigenvalue weighted by Gasteiger charge is 2.17. The second-order valence-electron chi connectivity index (χ2n) is 7.00. The van der Waals surface area contributed by atoms with Crippen LogP contribution in [0.4, 0.5) is 5.82 Å². The molecule has 3 rings (SSSR count). The molecule has 1 radical (unpaired) electrons. The molecule has 8 nitrogen and oxygen atoms in total. The van der Waals surface area contributed by atoms with Crippen molar-refractivity contribution in [2.75, 3.05) is 30.3 Å². The Hall–Kier alpha value is -2.36. The van der Waals surface area contributed by atoms with Crippen molar-refractivity contribution in [1.82, 2.24) is 25.2 Å². The Labute approximate surface area is 181 Å². The summed E-state index contributed by atoms with van der Waals surface area (Å²) in [5.41, 5.74) is 14.7. The van der Waals surface area contributed by atoms with Crippen molar-refractivity contribution in [1.29, 1.82) is 0 Å². The van der Waals surface area contributed by atoms with Gasteiger partial charge in [-0.05, 0) is 31.7 Å². The number of imidazole rings is 1. The molecule has 1 aromatic carbocycles. The molecule has 3 aromatic rings. The van der Waals surface area contributed by atoms with Gasteiger partial charge in [-0.1, -0.05) is 25.1 Å². The van der Waals surface area contributed by atoms with Gasteiger partial charge < -0.3 is 26.7 Å². The van der Waals surface area contributed by atoms with Gasteiger partial charge in [-0.15, -0.1) is 0 Å². The lowest BCUT2D eigenvalue weighted by Crippen LogP contribution is -2.42. The third-order valence-electron chi connectivity index (χ3n) is 4.86. The number of hydrogen-bond acceptors (Lipinski definition) is 7. The van der Waals surface area contributed by atoms with E-state index >= 15 is 0 Å². The van der Waals surface area contributed by atoms with E-state index in [1.54, 1.807) is 11.8 Å². The summed E-state index contributed by atoms with van der Waals surface area (Å²) in [6.07, 6.45) is 0.752. The van der Waals surface area contributed by atoms with E-state index in [2.05, 4.69) is 34.0 Å². The van der Waals surface area contributed by atoms with Gasteiger partial charge in [0.25, 0.3) is 0 Å². The number of fused-ring (bicyclic) bond motifs is 3. The molecule has 161 valence electrons. The van der Waals surface area contributed by atoms with E-state index in [4.69, 9.17) is 16.5 Å². The number of anilines is 1. The maximum atomic E-state index is 12.1. The molecule has 0 bridgehead atoms. The zero-order chi connectivity index (χ0) is 21.5. The summed E-state index contributed by atoms with van der Waals surface area (Å²) in [6.45, 7) is 8.54. The van der Waals surface area contributed by atoms with Gasteiger partial charge in [-0.3, -0.25) is 4.79 Å². The molecule has 0 saturated heterocycles. The number of pyridine rings is 1. The van der Waals surface area contributed by atoms with Crippen LogP contribution < -0.4 is 22.1 Å². The Morgan fingerprint density at radius 1 is 1.33 bits per heavy atom. The highest BCUT2D eigenvalue weighted by Crippen LogP contribution is 2.28. The molecule has 1 amide bonds. The number of thioether (sulfide) groups is 1. The number of carbonyl (C=O) groups excluding carboxylic acids is 1. The lowest BCUT2D eigenvalue weighted by molar-refractivity contribution is -0.121. The largest absolute Gasteiger partial charge is 0.382 e. The van der Waals surface area contributed by atoms with Gasteiger partial charge in [-0.2, -0.15) is 11.8 Å². The van der Waals surface area contributed by atoms with Crippen molar-refractivity contribution in [2.24, 2.45) is 5.73 Å². The molecule has 30 heavy (non-hydrogen) atoms. The molecular formula is C21H30N7OS. The molecule has 0 saturated carbocycles. The first kappa shape index (κ1) is 22.3. The normalized spacial score (nSPS) is 12.5. The number of amides is 1. The van der Waals surface area contributed by atoms with Gasteiger partial charge in [0.2, 0.25) is 5.91 Å². The number of nitrogens with one attached hydrogen (secondary N) is 2.